The quantitative estimate of drug-likeness (QED) is 0.426. The summed E-state index contributed by atoms with van der Waals surface area (Å²) < 4.78 is 0. The Labute approximate surface area is 178 Å². The van der Waals surface area contributed by atoms with Crippen molar-refractivity contribution in [1.29, 1.82) is 0 Å². The van der Waals surface area contributed by atoms with Crippen LogP contribution in [-0.4, -0.2) is 68.5 Å². The number of benzene rings is 1. The van der Waals surface area contributed by atoms with Gasteiger partial charge in [-0.25, -0.2) is 0 Å². The van der Waals surface area contributed by atoms with Crippen molar-refractivity contribution in [1.82, 2.24) is 4.90 Å². The Bertz CT molecular complexity index is 1100. The van der Waals surface area contributed by atoms with E-state index in [1.165, 1.54) is 11.0 Å². The molecule has 1 aromatic carbocycles. The number of aliphatic hydroxyl groups is 3. The molecule has 1 amide bonds. The molecule has 0 aliphatic heterocycles. The lowest BCUT2D eigenvalue weighted by atomic mass is 9.55. The number of aliphatic hydroxyl groups excluding tert-OH is 2. The SMILES string of the molecule is C[C@H]1c2cccc(O)c2C(O)=C2C(=O)[C@]3(O)C(O)=C(C(N)=O)C(=O)[C@@H](N(C)C)C3C[C@@H]21. The number of rotatable bonds is 2. The monoisotopic (exact) mass is 428 g/mol. The Morgan fingerprint density at radius 1 is 1.19 bits per heavy atom. The summed E-state index contributed by atoms with van der Waals surface area (Å²) in [6, 6.07) is 3.64. The van der Waals surface area contributed by atoms with Gasteiger partial charge in [0.15, 0.2) is 11.4 Å². The summed E-state index contributed by atoms with van der Waals surface area (Å²) in [6.45, 7) is 1.83. The molecular weight excluding hydrogens is 404 g/mol. The number of hydrogen-bond donors (Lipinski definition) is 5. The minimum absolute atomic E-state index is 0.0720. The van der Waals surface area contributed by atoms with Crippen molar-refractivity contribution < 1.29 is 34.8 Å². The summed E-state index contributed by atoms with van der Waals surface area (Å²) in [5.74, 6) is -6.82. The highest BCUT2D eigenvalue weighted by Gasteiger charge is 2.64. The number of carbonyl (C=O) groups excluding carboxylic acids is 3. The molecule has 6 N–H and O–H groups in total. The molecule has 4 rings (SSSR count). The van der Waals surface area contributed by atoms with E-state index < -0.39 is 58.0 Å². The van der Waals surface area contributed by atoms with E-state index in [0.29, 0.717) is 5.56 Å². The van der Waals surface area contributed by atoms with Gasteiger partial charge >= 0.3 is 0 Å². The minimum Gasteiger partial charge on any atom is -0.508 e. The molecule has 9 heteroatoms. The maximum atomic E-state index is 13.6. The van der Waals surface area contributed by atoms with Crippen LogP contribution in [0.1, 0.15) is 30.4 Å². The third-order valence-corrected chi connectivity index (χ3v) is 6.96. The Morgan fingerprint density at radius 2 is 1.84 bits per heavy atom. The van der Waals surface area contributed by atoms with Gasteiger partial charge in [-0.2, -0.15) is 0 Å². The minimum atomic E-state index is -2.62. The zero-order chi connectivity index (χ0) is 23.0. The second-order valence-electron chi connectivity index (χ2n) is 8.70. The van der Waals surface area contributed by atoms with Crippen LogP contribution in [0.4, 0.5) is 0 Å². The number of nitrogens with zero attached hydrogens (tertiary/aromatic N) is 1. The molecule has 31 heavy (non-hydrogen) atoms. The number of phenolic OH excluding ortho intramolecular Hbond substituents is 1. The molecule has 164 valence electrons. The molecule has 0 saturated heterocycles. The maximum absolute atomic E-state index is 13.6. The first kappa shape index (κ1) is 21.1. The number of Topliss-reactive ketones (excluding diaryl/α,β-unsaturated/α-hetero) is 2. The van der Waals surface area contributed by atoms with E-state index in [2.05, 4.69) is 0 Å². The van der Waals surface area contributed by atoms with Crippen molar-refractivity contribution in [2.75, 3.05) is 14.1 Å². The summed E-state index contributed by atoms with van der Waals surface area (Å²) in [5, 5.41) is 43.5. The fraction of sp³-hybridized carbons (Fsp3) is 0.409. The number of hydrogen-bond acceptors (Lipinski definition) is 8. The summed E-state index contributed by atoms with van der Waals surface area (Å²) in [4.78, 5) is 40.0. The first-order valence-corrected chi connectivity index (χ1v) is 9.91. The molecular formula is C22H24N2O7. The van der Waals surface area contributed by atoms with Crippen LogP contribution < -0.4 is 5.73 Å². The largest absolute Gasteiger partial charge is 0.508 e. The molecule has 1 aromatic rings. The molecule has 5 atom stereocenters. The molecule has 3 aliphatic carbocycles. The van der Waals surface area contributed by atoms with Crippen LogP contribution in [0.15, 0.2) is 35.1 Å². The number of phenols is 1. The number of aromatic hydroxyl groups is 1. The van der Waals surface area contributed by atoms with Crippen LogP contribution >= 0.6 is 0 Å². The lowest BCUT2D eigenvalue weighted by Crippen LogP contribution is -2.65. The van der Waals surface area contributed by atoms with Crippen molar-refractivity contribution >= 4 is 23.2 Å². The number of fused-ring (bicyclic) bond motifs is 3. The van der Waals surface area contributed by atoms with Gasteiger partial charge in [0.25, 0.3) is 5.91 Å². The first-order chi connectivity index (χ1) is 14.4. The molecule has 9 nitrogen and oxygen atoms in total. The van der Waals surface area contributed by atoms with Gasteiger partial charge in [-0.05, 0) is 44.0 Å². The number of nitrogens with two attached hydrogens (primary N) is 1. The maximum Gasteiger partial charge on any atom is 0.255 e. The van der Waals surface area contributed by atoms with Gasteiger partial charge in [-0.3, -0.25) is 19.3 Å². The van der Waals surface area contributed by atoms with E-state index >= 15 is 0 Å². The van der Waals surface area contributed by atoms with Gasteiger partial charge in [0, 0.05) is 11.5 Å². The van der Waals surface area contributed by atoms with Crippen molar-refractivity contribution in [3.63, 3.8) is 0 Å². The van der Waals surface area contributed by atoms with Crippen molar-refractivity contribution in [3.8, 4) is 5.75 Å². The molecule has 1 fully saturated rings. The van der Waals surface area contributed by atoms with E-state index in [1.807, 2.05) is 6.92 Å². The van der Waals surface area contributed by atoms with E-state index in [-0.39, 0.29) is 29.2 Å². The number of amides is 1. The number of ketones is 2. The summed E-state index contributed by atoms with van der Waals surface area (Å²) >= 11 is 0. The second-order valence-corrected chi connectivity index (χ2v) is 8.70. The molecule has 0 spiro atoms. The highest BCUT2D eigenvalue weighted by atomic mass is 16.3. The number of likely N-dealkylation sites (N-methyl/N-ethyl adjacent to an activating group) is 1. The topological polar surface area (TPSA) is 161 Å². The van der Waals surface area contributed by atoms with Gasteiger partial charge in [0.05, 0.1) is 11.6 Å². The lowest BCUT2D eigenvalue weighted by molar-refractivity contribution is -0.154. The van der Waals surface area contributed by atoms with E-state index in [9.17, 15) is 34.8 Å². The third-order valence-electron chi connectivity index (χ3n) is 6.96. The molecule has 0 radical (unpaired) electrons. The van der Waals surface area contributed by atoms with Crippen molar-refractivity contribution in [2.45, 2.75) is 30.9 Å². The zero-order valence-corrected chi connectivity index (χ0v) is 17.3. The van der Waals surface area contributed by atoms with Crippen LogP contribution in [0.25, 0.3) is 5.76 Å². The third kappa shape index (κ3) is 2.53. The average Bonchev–Trinajstić information content (AvgIpc) is 2.68. The molecule has 1 saturated carbocycles. The fourth-order valence-corrected chi connectivity index (χ4v) is 5.50. The van der Waals surface area contributed by atoms with Crippen LogP contribution in [0.5, 0.6) is 5.75 Å². The van der Waals surface area contributed by atoms with E-state index in [1.54, 1.807) is 26.2 Å². The average molecular weight is 428 g/mol. The van der Waals surface area contributed by atoms with Crippen molar-refractivity contribution in [3.05, 3.63) is 46.2 Å². The zero-order valence-electron chi connectivity index (χ0n) is 17.3. The normalized spacial score (nSPS) is 32.7. The standard InChI is InChI=1S/C22H24N2O7/c1-8-9-5-4-6-12(25)13(9)17(26)14-10(8)7-11-16(24(2)3)18(27)15(21(23)30)20(29)22(11,31)19(14)28/h4-6,8,10-11,16,25-26,29,31H,7H2,1-3H3,(H2,23,30)/t8-,10+,11?,16-,22-/m0/s1. The van der Waals surface area contributed by atoms with Gasteiger partial charge in [0.2, 0.25) is 5.78 Å². The summed E-state index contributed by atoms with van der Waals surface area (Å²) in [5.41, 5.74) is 2.42. The Morgan fingerprint density at radius 3 is 2.42 bits per heavy atom. The summed E-state index contributed by atoms with van der Waals surface area (Å²) in [7, 11) is 3.13. The molecule has 3 aliphatic rings. The highest BCUT2D eigenvalue weighted by molar-refractivity contribution is 6.24. The first-order valence-electron chi connectivity index (χ1n) is 9.91. The van der Waals surface area contributed by atoms with Crippen LogP contribution in [0.3, 0.4) is 0 Å². The van der Waals surface area contributed by atoms with Crippen LogP contribution in [-0.2, 0) is 14.4 Å². The van der Waals surface area contributed by atoms with Gasteiger partial charge in [0.1, 0.15) is 22.8 Å². The predicted octanol–water partition coefficient (Wildman–Crippen LogP) is 0.525. The lowest BCUT2D eigenvalue weighted by Gasteiger charge is -2.51. The number of primary amides is 1. The highest BCUT2D eigenvalue weighted by Crippen LogP contribution is 2.55. The van der Waals surface area contributed by atoms with Gasteiger partial charge in [-0.15, -0.1) is 0 Å². The van der Waals surface area contributed by atoms with Gasteiger partial charge in [-0.1, -0.05) is 19.1 Å². The second kappa shape index (κ2) is 6.66. The molecule has 1 unspecified atom stereocenters. The summed E-state index contributed by atoms with van der Waals surface area (Å²) in [6.07, 6.45) is 0.0720. The molecule has 0 aromatic heterocycles. The number of carbonyl (C=O) groups is 3. The van der Waals surface area contributed by atoms with E-state index in [0.717, 1.165) is 0 Å². The molecule has 0 bridgehead atoms. The van der Waals surface area contributed by atoms with Crippen molar-refractivity contribution in [2.24, 2.45) is 17.6 Å². The Kier molecular flexibility index (Phi) is 4.53. The van der Waals surface area contributed by atoms with Crippen LogP contribution in [0, 0.1) is 11.8 Å². The smallest absolute Gasteiger partial charge is 0.255 e. The predicted molar refractivity (Wildman–Crippen MR) is 109 cm³/mol. The molecule has 0 heterocycles. The van der Waals surface area contributed by atoms with E-state index in [4.69, 9.17) is 5.73 Å². The fourth-order valence-electron chi connectivity index (χ4n) is 5.50. The van der Waals surface area contributed by atoms with Gasteiger partial charge < -0.3 is 26.2 Å². The Hall–Kier alpha value is -3.17. The Balaban J connectivity index is 2.01. The van der Waals surface area contributed by atoms with Crippen LogP contribution in [0.2, 0.25) is 0 Å².